The first kappa shape index (κ1) is 25.8. The van der Waals surface area contributed by atoms with Crippen LogP contribution in [0.1, 0.15) is 45.9 Å². The van der Waals surface area contributed by atoms with Crippen molar-refractivity contribution in [3.8, 4) is 17.2 Å². The number of nitrogens with zero attached hydrogens (tertiary/aromatic N) is 3. The number of hydrogen-bond donors (Lipinski definition) is 1. The van der Waals surface area contributed by atoms with Gasteiger partial charge < -0.3 is 19.5 Å². The lowest BCUT2D eigenvalue weighted by Gasteiger charge is -2.28. The topological polar surface area (TPSA) is 42.3 Å². The van der Waals surface area contributed by atoms with E-state index in [1.54, 1.807) is 0 Å². The maximum absolute atomic E-state index is 6.17. The fraction of sp³-hybridized carbons (Fsp3) is 0.176. The van der Waals surface area contributed by atoms with Crippen LogP contribution >= 0.6 is 12.2 Å². The Bertz CT molecular complexity index is 1680. The third-order valence-electron chi connectivity index (χ3n) is 7.58. The first-order valence-corrected chi connectivity index (χ1v) is 13.9. The highest BCUT2D eigenvalue weighted by molar-refractivity contribution is 7.80. The lowest BCUT2D eigenvalue weighted by Crippen LogP contribution is -2.29. The second-order valence-corrected chi connectivity index (χ2v) is 10.7. The SMILES string of the molecule is Cc1cccc(-n2c(C)cc([C@@H]3[C@@H](c4ccccn4)NC(=S)N3c3ccc(Oc4ccccc4C)cc3)c2C)c1. The molecule has 0 amide bonds. The molecule has 1 fully saturated rings. The zero-order valence-corrected chi connectivity index (χ0v) is 23.9. The van der Waals surface area contributed by atoms with Gasteiger partial charge >= 0.3 is 0 Å². The van der Waals surface area contributed by atoms with Crippen LogP contribution in [0.3, 0.4) is 0 Å². The fourth-order valence-corrected chi connectivity index (χ4v) is 6.02. The van der Waals surface area contributed by atoms with Crippen LogP contribution in [0.25, 0.3) is 5.69 Å². The van der Waals surface area contributed by atoms with Crippen LogP contribution in [0, 0.1) is 27.7 Å². The normalized spacial score (nSPS) is 16.7. The van der Waals surface area contributed by atoms with Gasteiger partial charge in [0.05, 0.1) is 17.8 Å². The summed E-state index contributed by atoms with van der Waals surface area (Å²) in [6, 6.07) is 33.0. The zero-order valence-electron chi connectivity index (χ0n) is 23.1. The summed E-state index contributed by atoms with van der Waals surface area (Å²) >= 11 is 5.97. The number of nitrogens with one attached hydrogen (secondary N) is 1. The van der Waals surface area contributed by atoms with Gasteiger partial charge in [-0.2, -0.15) is 0 Å². The molecule has 0 spiro atoms. The van der Waals surface area contributed by atoms with Crippen molar-refractivity contribution in [2.45, 2.75) is 39.8 Å². The Labute approximate surface area is 241 Å². The minimum atomic E-state index is -0.108. The minimum Gasteiger partial charge on any atom is -0.457 e. The Balaban J connectivity index is 1.42. The van der Waals surface area contributed by atoms with Crippen molar-refractivity contribution in [3.05, 3.63) is 137 Å². The Hall–Kier alpha value is -4.42. The molecule has 0 saturated carbocycles. The summed E-state index contributed by atoms with van der Waals surface area (Å²) in [6.45, 7) is 8.53. The van der Waals surface area contributed by atoms with Gasteiger partial charge in [-0.3, -0.25) is 4.98 Å². The quantitative estimate of drug-likeness (QED) is 0.219. The summed E-state index contributed by atoms with van der Waals surface area (Å²) in [4.78, 5) is 6.94. The highest BCUT2D eigenvalue weighted by Crippen LogP contribution is 2.44. The monoisotopic (exact) mass is 544 g/mol. The standard InChI is InChI=1S/C34H32N4OS/c1-22-10-9-12-27(20-22)37-24(3)21-29(25(37)4)33-32(30-13-7-8-19-35-30)36-34(40)38(33)26-15-17-28(18-16-26)39-31-14-6-5-11-23(31)2/h5-21,32-33H,1-4H3,(H,36,40)/t32-,33-/m1/s1. The van der Waals surface area contributed by atoms with Gasteiger partial charge in [0.15, 0.2) is 5.11 Å². The van der Waals surface area contributed by atoms with Gasteiger partial charge in [0.2, 0.25) is 0 Å². The van der Waals surface area contributed by atoms with E-state index < -0.39 is 0 Å². The molecule has 3 aromatic carbocycles. The number of rotatable bonds is 6. The van der Waals surface area contributed by atoms with E-state index in [0.29, 0.717) is 5.11 Å². The molecule has 3 heterocycles. The minimum absolute atomic E-state index is 0.0877. The largest absolute Gasteiger partial charge is 0.457 e. The smallest absolute Gasteiger partial charge is 0.174 e. The van der Waals surface area contributed by atoms with E-state index in [1.807, 2.05) is 61.7 Å². The summed E-state index contributed by atoms with van der Waals surface area (Å²) < 4.78 is 8.50. The Morgan fingerprint density at radius 1 is 0.800 bits per heavy atom. The Kier molecular flexibility index (Phi) is 6.86. The molecule has 40 heavy (non-hydrogen) atoms. The Morgan fingerprint density at radius 3 is 2.30 bits per heavy atom. The molecule has 1 aliphatic rings. The van der Waals surface area contributed by atoms with E-state index in [-0.39, 0.29) is 12.1 Å². The maximum Gasteiger partial charge on any atom is 0.174 e. The van der Waals surface area contributed by atoms with Crippen LogP contribution < -0.4 is 15.0 Å². The molecule has 0 aliphatic carbocycles. The van der Waals surface area contributed by atoms with E-state index in [0.717, 1.165) is 34.1 Å². The summed E-state index contributed by atoms with van der Waals surface area (Å²) in [5, 5.41) is 4.26. The molecule has 6 rings (SSSR count). The third kappa shape index (κ3) is 4.75. The van der Waals surface area contributed by atoms with Crippen LogP contribution in [0.2, 0.25) is 0 Å². The van der Waals surface area contributed by atoms with E-state index in [4.69, 9.17) is 21.9 Å². The molecule has 6 heteroatoms. The van der Waals surface area contributed by atoms with Gasteiger partial charge in [0, 0.05) is 29.0 Å². The van der Waals surface area contributed by atoms with Crippen molar-refractivity contribution >= 4 is 23.0 Å². The lowest BCUT2D eigenvalue weighted by atomic mass is 9.96. The van der Waals surface area contributed by atoms with Crippen molar-refractivity contribution in [3.63, 3.8) is 0 Å². The molecule has 5 nitrogen and oxygen atoms in total. The maximum atomic E-state index is 6.17. The molecular weight excluding hydrogens is 512 g/mol. The number of para-hydroxylation sites is 1. The molecule has 2 aromatic heterocycles. The molecule has 1 aliphatic heterocycles. The predicted octanol–water partition coefficient (Wildman–Crippen LogP) is 8.08. The highest BCUT2D eigenvalue weighted by Gasteiger charge is 2.42. The molecule has 2 atom stereocenters. The molecule has 1 N–H and O–H groups in total. The van der Waals surface area contributed by atoms with Crippen molar-refractivity contribution < 1.29 is 4.74 Å². The number of benzene rings is 3. The van der Waals surface area contributed by atoms with E-state index in [2.05, 4.69) is 84.1 Å². The van der Waals surface area contributed by atoms with Crippen LogP contribution in [0.5, 0.6) is 11.5 Å². The van der Waals surface area contributed by atoms with Gasteiger partial charge in [0.1, 0.15) is 11.5 Å². The third-order valence-corrected chi connectivity index (χ3v) is 7.90. The van der Waals surface area contributed by atoms with Crippen molar-refractivity contribution in [2.24, 2.45) is 0 Å². The van der Waals surface area contributed by atoms with Gasteiger partial charge in [-0.05, 0) is 117 Å². The number of aryl methyl sites for hydroxylation is 3. The van der Waals surface area contributed by atoms with E-state index in [1.165, 1.54) is 22.5 Å². The average molecular weight is 545 g/mol. The van der Waals surface area contributed by atoms with E-state index in [9.17, 15) is 0 Å². The lowest BCUT2D eigenvalue weighted by molar-refractivity contribution is 0.479. The van der Waals surface area contributed by atoms with Gasteiger partial charge in [-0.1, -0.05) is 36.4 Å². The molecule has 0 bridgehead atoms. The molecule has 0 unspecified atom stereocenters. The number of aromatic nitrogens is 2. The van der Waals surface area contributed by atoms with Crippen LogP contribution in [-0.4, -0.2) is 14.7 Å². The highest BCUT2D eigenvalue weighted by atomic mass is 32.1. The van der Waals surface area contributed by atoms with Crippen LogP contribution in [0.4, 0.5) is 5.69 Å². The second kappa shape index (κ2) is 10.6. The summed E-state index contributed by atoms with van der Waals surface area (Å²) in [7, 11) is 0. The number of pyridine rings is 1. The van der Waals surface area contributed by atoms with Gasteiger partial charge in [-0.15, -0.1) is 0 Å². The van der Waals surface area contributed by atoms with Crippen molar-refractivity contribution in [1.82, 2.24) is 14.9 Å². The fourth-order valence-electron chi connectivity index (χ4n) is 5.67. The summed E-state index contributed by atoms with van der Waals surface area (Å²) in [5.74, 6) is 1.64. The predicted molar refractivity (Wildman–Crippen MR) is 166 cm³/mol. The van der Waals surface area contributed by atoms with Crippen LogP contribution in [0.15, 0.2) is 103 Å². The van der Waals surface area contributed by atoms with Gasteiger partial charge in [-0.25, -0.2) is 0 Å². The molecule has 200 valence electrons. The van der Waals surface area contributed by atoms with Crippen molar-refractivity contribution in [2.75, 3.05) is 4.90 Å². The number of ether oxygens (including phenoxy) is 1. The first-order chi connectivity index (χ1) is 19.4. The molecule has 5 aromatic rings. The first-order valence-electron chi connectivity index (χ1n) is 13.5. The number of thiocarbonyl (C=S) groups is 1. The molecule has 1 saturated heterocycles. The van der Waals surface area contributed by atoms with Crippen molar-refractivity contribution in [1.29, 1.82) is 0 Å². The van der Waals surface area contributed by atoms with E-state index >= 15 is 0 Å². The number of hydrogen-bond acceptors (Lipinski definition) is 3. The summed E-state index contributed by atoms with van der Waals surface area (Å²) in [6.07, 6.45) is 1.84. The average Bonchev–Trinajstić information content (AvgIpc) is 3.45. The molecular formula is C34H32N4OS. The summed E-state index contributed by atoms with van der Waals surface area (Å²) in [5.41, 5.74) is 9.02. The number of anilines is 1. The zero-order chi connectivity index (χ0) is 27.8. The van der Waals surface area contributed by atoms with Gasteiger partial charge in [0.25, 0.3) is 0 Å². The molecule has 0 radical (unpaired) electrons. The second-order valence-electron chi connectivity index (χ2n) is 10.4. The van der Waals surface area contributed by atoms with Crippen LogP contribution in [-0.2, 0) is 0 Å². The Morgan fingerprint density at radius 2 is 1.57 bits per heavy atom.